The maximum absolute atomic E-state index is 13.7. The molecule has 29 heavy (non-hydrogen) atoms. The summed E-state index contributed by atoms with van der Waals surface area (Å²) in [6.45, 7) is 0.0887. The van der Waals surface area contributed by atoms with E-state index in [1.54, 1.807) is 36.6 Å². The summed E-state index contributed by atoms with van der Waals surface area (Å²) in [7, 11) is 1.80. The Morgan fingerprint density at radius 2 is 2.10 bits per heavy atom. The van der Waals surface area contributed by atoms with Crippen molar-refractivity contribution >= 4 is 29.9 Å². The first-order valence-electron chi connectivity index (χ1n) is 8.48. The summed E-state index contributed by atoms with van der Waals surface area (Å²) in [5, 5.41) is 22.8. The van der Waals surface area contributed by atoms with Gasteiger partial charge in [-0.3, -0.25) is 0 Å². The van der Waals surface area contributed by atoms with Crippen LogP contribution in [-0.2, 0) is 11.3 Å². The summed E-state index contributed by atoms with van der Waals surface area (Å²) in [5.74, 6) is -1.32. The summed E-state index contributed by atoms with van der Waals surface area (Å²) in [4.78, 5) is 10.7. The number of carboxylic acid groups (broad SMARTS) is 1. The molecule has 0 aliphatic rings. The van der Waals surface area contributed by atoms with Gasteiger partial charge in [-0.1, -0.05) is 12.1 Å². The number of ether oxygens (including phenoxy) is 1. The van der Waals surface area contributed by atoms with Crippen molar-refractivity contribution in [2.24, 2.45) is 0 Å². The van der Waals surface area contributed by atoms with Gasteiger partial charge in [0, 0.05) is 12.1 Å². The number of carboxylic acids is 1. The molecular weight excluding hydrogens is 411 g/mol. The van der Waals surface area contributed by atoms with Crippen LogP contribution in [0.15, 0.2) is 58.1 Å². The molecule has 0 aliphatic heterocycles. The summed E-state index contributed by atoms with van der Waals surface area (Å²) in [5.41, 5.74) is 2.10. The Labute approximate surface area is 177 Å². The Bertz CT molecular complexity index is 1000. The van der Waals surface area contributed by atoms with E-state index in [2.05, 4.69) is 17.9 Å². The van der Waals surface area contributed by atoms with Crippen LogP contribution in [-0.4, -0.2) is 24.7 Å². The molecule has 150 valence electrons. The minimum absolute atomic E-state index is 0.184. The number of thiol groups is 1. The second-order valence-electron chi connectivity index (χ2n) is 5.83. The van der Waals surface area contributed by atoms with Crippen LogP contribution in [0.1, 0.15) is 11.1 Å². The third-order valence-corrected chi connectivity index (χ3v) is 4.76. The van der Waals surface area contributed by atoms with Gasteiger partial charge in [-0.2, -0.15) is 5.26 Å². The topological polar surface area (TPSA) is 82.3 Å². The molecule has 2 aromatic carbocycles. The fourth-order valence-electron chi connectivity index (χ4n) is 2.46. The zero-order valence-corrected chi connectivity index (χ0v) is 17.3. The molecule has 0 amide bonds. The minimum Gasteiger partial charge on any atom is -0.481 e. The lowest BCUT2D eigenvalue weighted by molar-refractivity contribution is -0.139. The number of rotatable bonds is 6. The fourth-order valence-corrected chi connectivity index (χ4v) is 3.18. The monoisotopic (exact) mass is 430 g/mol. The average molecular weight is 431 g/mol. The molecule has 0 radical (unpaired) electrons. The third kappa shape index (κ3) is 7.23. The molecule has 0 aliphatic carbocycles. The number of carbonyl (C=O) groups is 1. The smallest absolute Gasteiger partial charge is 0.341 e. The van der Waals surface area contributed by atoms with Crippen LogP contribution >= 0.6 is 24.0 Å². The molecule has 5 nitrogen and oxygen atoms in total. The Balaban J connectivity index is 0.000000426. The lowest BCUT2D eigenvalue weighted by Crippen LogP contribution is -2.10. The van der Waals surface area contributed by atoms with Gasteiger partial charge in [0.1, 0.15) is 11.6 Å². The van der Waals surface area contributed by atoms with Crippen LogP contribution in [0.25, 0.3) is 11.1 Å². The van der Waals surface area contributed by atoms with E-state index >= 15 is 0 Å². The van der Waals surface area contributed by atoms with E-state index in [9.17, 15) is 9.18 Å². The summed E-state index contributed by atoms with van der Waals surface area (Å²) < 4.78 is 20.0. The number of benzene rings is 2. The van der Waals surface area contributed by atoms with E-state index in [0.29, 0.717) is 23.4 Å². The highest BCUT2D eigenvalue weighted by Crippen LogP contribution is 2.32. The molecule has 3 aromatic rings. The van der Waals surface area contributed by atoms with Crippen molar-refractivity contribution in [1.29, 1.82) is 5.26 Å². The first kappa shape index (κ1) is 22.4. The molecule has 0 saturated heterocycles. The zero-order chi connectivity index (χ0) is 21.2. The first-order chi connectivity index (χ1) is 13.9. The largest absolute Gasteiger partial charge is 0.481 e. The molecule has 0 spiro atoms. The van der Waals surface area contributed by atoms with E-state index < -0.39 is 18.4 Å². The Kier molecular flexibility index (Phi) is 8.68. The van der Waals surface area contributed by atoms with E-state index in [0.717, 1.165) is 15.8 Å². The highest BCUT2D eigenvalue weighted by atomic mass is 32.2. The molecule has 0 bridgehead atoms. The van der Waals surface area contributed by atoms with Gasteiger partial charge in [0.2, 0.25) is 0 Å². The lowest BCUT2D eigenvalue weighted by Gasteiger charge is -2.13. The molecule has 1 heterocycles. The van der Waals surface area contributed by atoms with E-state index in [-0.39, 0.29) is 5.56 Å². The SMILES string of the molecule is CNCc1ccc(OCC(=O)O)c(-c2cc(F)cc(C#N)c2)c1.Sc1cccs1. The van der Waals surface area contributed by atoms with E-state index in [1.807, 2.05) is 23.6 Å². The van der Waals surface area contributed by atoms with Gasteiger partial charge in [-0.15, -0.1) is 24.0 Å². The standard InChI is InChI=1S/C17H15FN2O3.C4H4S2/c1-20-9-11-2-3-16(23-10-17(21)22)15(6-11)13-4-12(8-19)5-14(18)7-13;5-4-2-1-3-6-4/h2-7,20H,9-10H2,1H3,(H,21,22);1-3,5H. The van der Waals surface area contributed by atoms with Crippen LogP contribution in [0.3, 0.4) is 0 Å². The second-order valence-corrected chi connectivity index (χ2v) is 7.57. The molecule has 3 rings (SSSR count). The fraction of sp³-hybridized carbons (Fsp3) is 0.143. The molecule has 0 fully saturated rings. The van der Waals surface area contributed by atoms with Crippen molar-refractivity contribution in [2.45, 2.75) is 10.8 Å². The minimum atomic E-state index is -1.10. The molecule has 0 unspecified atom stereocenters. The summed E-state index contributed by atoms with van der Waals surface area (Å²) in [6.07, 6.45) is 0. The second kappa shape index (κ2) is 11.2. The van der Waals surface area contributed by atoms with E-state index in [4.69, 9.17) is 15.1 Å². The number of nitrogens with zero attached hydrogens (tertiary/aromatic N) is 1. The average Bonchev–Trinajstić information content (AvgIpc) is 3.18. The molecule has 0 atom stereocenters. The van der Waals surface area contributed by atoms with Gasteiger partial charge in [0.15, 0.2) is 6.61 Å². The third-order valence-electron chi connectivity index (χ3n) is 3.62. The molecule has 2 N–H and O–H groups in total. The van der Waals surface area contributed by atoms with Crippen LogP contribution < -0.4 is 10.1 Å². The molecular formula is C21H19FN2O3S2. The van der Waals surface area contributed by atoms with Gasteiger partial charge in [-0.05, 0) is 60.0 Å². The van der Waals surface area contributed by atoms with Crippen molar-refractivity contribution in [1.82, 2.24) is 5.32 Å². The summed E-state index contributed by atoms with van der Waals surface area (Å²) in [6, 6.07) is 15.0. The van der Waals surface area contributed by atoms with Gasteiger partial charge in [-0.25, -0.2) is 9.18 Å². The maximum Gasteiger partial charge on any atom is 0.341 e. The predicted molar refractivity (Wildman–Crippen MR) is 114 cm³/mol. The highest BCUT2D eigenvalue weighted by Gasteiger charge is 2.12. The maximum atomic E-state index is 13.7. The Morgan fingerprint density at radius 1 is 1.31 bits per heavy atom. The van der Waals surface area contributed by atoms with Crippen molar-refractivity contribution in [3.05, 3.63) is 70.9 Å². The lowest BCUT2D eigenvalue weighted by atomic mass is 10.00. The Hall–Kier alpha value is -2.86. The summed E-state index contributed by atoms with van der Waals surface area (Å²) >= 11 is 5.70. The van der Waals surface area contributed by atoms with Crippen LogP contribution in [0, 0.1) is 17.1 Å². The quantitative estimate of drug-likeness (QED) is 0.499. The van der Waals surface area contributed by atoms with Crippen LogP contribution in [0.5, 0.6) is 5.75 Å². The van der Waals surface area contributed by atoms with Crippen molar-refractivity contribution < 1.29 is 19.0 Å². The van der Waals surface area contributed by atoms with Gasteiger partial charge < -0.3 is 15.2 Å². The Morgan fingerprint density at radius 3 is 2.66 bits per heavy atom. The van der Waals surface area contributed by atoms with Gasteiger partial charge in [0.05, 0.1) is 15.8 Å². The number of halogens is 1. The number of aliphatic carboxylic acids is 1. The van der Waals surface area contributed by atoms with Gasteiger partial charge >= 0.3 is 5.97 Å². The number of hydrogen-bond donors (Lipinski definition) is 3. The predicted octanol–water partition coefficient (Wildman–Crippen LogP) is 4.58. The number of nitriles is 1. The molecule has 0 saturated carbocycles. The zero-order valence-electron chi connectivity index (χ0n) is 15.6. The van der Waals surface area contributed by atoms with Crippen LogP contribution in [0.4, 0.5) is 4.39 Å². The van der Waals surface area contributed by atoms with Crippen molar-refractivity contribution in [3.63, 3.8) is 0 Å². The number of thiophene rings is 1. The number of nitrogens with one attached hydrogen (secondary N) is 1. The number of hydrogen-bond acceptors (Lipinski definition) is 6. The van der Waals surface area contributed by atoms with Crippen molar-refractivity contribution in [3.8, 4) is 22.9 Å². The van der Waals surface area contributed by atoms with E-state index in [1.165, 1.54) is 12.1 Å². The normalized spacial score (nSPS) is 9.86. The highest BCUT2D eigenvalue weighted by molar-refractivity contribution is 7.82. The molecule has 8 heteroatoms. The molecule has 1 aromatic heterocycles. The first-order valence-corrected chi connectivity index (χ1v) is 9.81. The van der Waals surface area contributed by atoms with Crippen molar-refractivity contribution in [2.75, 3.05) is 13.7 Å². The van der Waals surface area contributed by atoms with Crippen LogP contribution in [0.2, 0.25) is 0 Å². The van der Waals surface area contributed by atoms with Gasteiger partial charge in [0.25, 0.3) is 0 Å².